The van der Waals surface area contributed by atoms with Gasteiger partial charge in [0.25, 0.3) is 5.91 Å². The van der Waals surface area contributed by atoms with Crippen LogP contribution in [-0.4, -0.2) is 42.9 Å². The topological polar surface area (TPSA) is 89.0 Å². The van der Waals surface area contributed by atoms with E-state index in [-0.39, 0.29) is 31.9 Å². The first-order valence-corrected chi connectivity index (χ1v) is 11.1. The number of anilines is 1. The van der Waals surface area contributed by atoms with Gasteiger partial charge in [-0.3, -0.25) is 14.3 Å². The molecule has 0 saturated carbocycles. The van der Waals surface area contributed by atoms with Crippen molar-refractivity contribution in [3.05, 3.63) is 60.3 Å². The molecule has 1 aromatic rings. The molecule has 1 heterocycles. The van der Waals surface area contributed by atoms with Gasteiger partial charge in [0.15, 0.2) is 0 Å². The summed E-state index contributed by atoms with van der Waals surface area (Å²) in [4.78, 5) is 18.6. The van der Waals surface area contributed by atoms with Crippen LogP contribution in [0.1, 0.15) is 33.3 Å². The summed E-state index contributed by atoms with van der Waals surface area (Å²) in [5.74, 6) is 0.0529. The van der Waals surface area contributed by atoms with Crippen LogP contribution in [0.4, 0.5) is 5.82 Å². The van der Waals surface area contributed by atoms with Crippen LogP contribution in [0.5, 0.6) is 0 Å². The van der Waals surface area contributed by atoms with E-state index in [0.29, 0.717) is 22.5 Å². The van der Waals surface area contributed by atoms with Gasteiger partial charge in [0, 0.05) is 24.4 Å². The smallest absolute Gasteiger partial charge is 0.335 e. The highest BCUT2D eigenvalue weighted by Crippen LogP contribution is 2.52. The van der Waals surface area contributed by atoms with Gasteiger partial charge in [-0.2, -0.15) is 0 Å². The Morgan fingerprint density at radius 2 is 1.90 bits per heavy atom. The highest BCUT2D eigenvalue weighted by molar-refractivity contribution is 7.53. The minimum absolute atomic E-state index is 0.0110. The summed E-state index contributed by atoms with van der Waals surface area (Å²) in [5, 5.41) is 9.41. The predicted molar refractivity (Wildman–Crippen MR) is 118 cm³/mol. The summed E-state index contributed by atoms with van der Waals surface area (Å²) in [6, 6.07) is 3.45. The molecule has 0 aliphatic rings. The van der Waals surface area contributed by atoms with E-state index in [1.807, 2.05) is 0 Å². The maximum absolute atomic E-state index is 12.9. The molecule has 29 heavy (non-hydrogen) atoms. The maximum Gasteiger partial charge on any atom is 0.335 e. The number of carbonyl (C=O) groups excluding carboxylic acids is 1. The molecule has 1 rings (SSSR count). The maximum atomic E-state index is 12.9. The van der Waals surface area contributed by atoms with E-state index in [9.17, 15) is 14.5 Å². The molecule has 1 N–H and O–H groups in total. The Bertz CT molecular complexity index is 751. The van der Waals surface area contributed by atoms with Crippen LogP contribution in [0.3, 0.4) is 0 Å². The van der Waals surface area contributed by atoms with Gasteiger partial charge in [-0.25, -0.2) is 4.98 Å². The Kier molecular flexibility index (Phi) is 13.0. The first-order valence-electron chi connectivity index (χ1n) is 9.36. The number of pyridine rings is 1. The molecule has 0 saturated heterocycles. The monoisotopic (exact) mass is 424 g/mol. The summed E-state index contributed by atoms with van der Waals surface area (Å²) in [7, 11) is -1.75. The fourth-order valence-corrected chi connectivity index (χ4v) is 4.22. The van der Waals surface area contributed by atoms with Gasteiger partial charge in [0.05, 0.1) is 26.0 Å². The second-order valence-electron chi connectivity index (χ2n) is 5.81. The van der Waals surface area contributed by atoms with Crippen LogP contribution < -0.4 is 4.90 Å². The average molecular weight is 424 g/mol. The lowest BCUT2D eigenvalue weighted by Gasteiger charge is -2.23. The zero-order valence-electron chi connectivity index (χ0n) is 18.1. The third-order valence-corrected chi connectivity index (χ3v) is 5.80. The van der Waals surface area contributed by atoms with Crippen molar-refractivity contribution in [1.29, 1.82) is 0 Å². The van der Waals surface area contributed by atoms with Gasteiger partial charge in [-0.1, -0.05) is 18.2 Å². The second kappa shape index (κ2) is 14.0. The van der Waals surface area contributed by atoms with Crippen molar-refractivity contribution >= 4 is 19.3 Å². The first-order chi connectivity index (χ1) is 13.8. The van der Waals surface area contributed by atoms with E-state index in [0.717, 1.165) is 0 Å². The van der Waals surface area contributed by atoms with Gasteiger partial charge < -0.3 is 14.2 Å². The van der Waals surface area contributed by atoms with Crippen molar-refractivity contribution in [2.75, 3.05) is 31.8 Å². The summed E-state index contributed by atoms with van der Waals surface area (Å²) in [6.07, 6.45) is 4.96. The molecule has 7 nitrogen and oxygen atoms in total. The van der Waals surface area contributed by atoms with E-state index < -0.39 is 7.60 Å². The highest BCUT2D eigenvalue weighted by atomic mass is 31.2. The zero-order chi connectivity index (χ0) is 22.4. The van der Waals surface area contributed by atoms with Crippen molar-refractivity contribution < 1.29 is 23.5 Å². The van der Waals surface area contributed by atoms with Crippen LogP contribution in [0.2, 0.25) is 0 Å². The normalized spacial score (nSPS) is 12.2. The number of aliphatic hydroxyl groups is 1. The third kappa shape index (κ3) is 8.07. The molecule has 0 unspecified atom stereocenters. The molecule has 0 bridgehead atoms. The Morgan fingerprint density at radius 3 is 2.38 bits per heavy atom. The van der Waals surface area contributed by atoms with Crippen molar-refractivity contribution in [3.63, 3.8) is 0 Å². The number of likely N-dealkylation sites (N-methyl/N-ethyl adjacent to an activating group) is 1. The van der Waals surface area contributed by atoms with E-state index in [4.69, 9.17) is 9.05 Å². The minimum Gasteiger partial charge on any atom is -0.392 e. The SMILES string of the molecule is C/C=C\C(C(=O)N(C)c1ncccc1CP(=O)(OCC)OCC)=C(/C)CO.C=C. The number of aliphatic hydroxyl groups excluding tert-OH is 1. The molecule has 0 aliphatic carbocycles. The molecular weight excluding hydrogens is 391 g/mol. The summed E-state index contributed by atoms with van der Waals surface area (Å²) < 4.78 is 23.6. The number of rotatable bonds is 10. The average Bonchev–Trinajstić information content (AvgIpc) is 2.72. The van der Waals surface area contributed by atoms with Gasteiger partial charge in [-0.15, -0.1) is 13.2 Å². The van der Waals surface area contributed by atoms with Crippen LogP contribution in [-0.2, 0) is 24.6 Å². The number of allylic oxidation sites excluding steroid dienone is 1. The first kappa shape index (κ1) is 27.0. The van der Waals surface area contributed by atoms with Crippen molar-refractivity contribution in [2.24, 2.45) is 0 Å². The lowest BCUT2D eigenvalue weighted by molar-refractivity contribution is -0.114. The van der Waals surface area contributed by atoms with Gasteiger partial charge in [0.2, 0.25) is 0 Å². The second-order valence-corrected chi connectivity index (χ2v) is 7.86. The molecule has 1 amide bonds. The van der Waals surface area contributed by atoms with E-state index >= 15 is 0 Å². The Labute approximate surface area is 174 Å². The van der Waals surface area contributed by atoms with Crippen LogP contribution in [0.25, 0.3) is 0 Å². The Hall–Kier alpha value is -2.05. The molecule has 0 atom stereocenters. The van der Waals surface area contributed by atoms with Crippen LogP contribution in [0.15, 0.2) is 54.8 Å². The van der Waals surface area contributed by atoms with Crippen LogP contribution >= 0.6 is 7.60 Å². The molecule has 0 fully saturated rings. The predicted octanol–water partition coefficient (Wildman–Crippen LogP) is 4.50. The molecule has 8 heteroatoms. The standard InChI is InChI=1S/C19H29N2O5P.C2H4/c1-6-10-17(15(4)13-22)19(23)21(5)18-16(11-9-12-20-18)14-27(24,25-7-2)26-8-3;1-2/h6,9-12,22H,7-8,13-14H2,1-5H3;1-2H2/b10-6-,17-15-;. The van der Waals surface area contributed by atoms with Gasteiger partial charge >= 0.3 is 7.60 Å². The van der Waals surface area contributed by atoms with Crippen molar-refractivity contribution in [1.82, 2.24) is 4.98 Å². The molecule has 0 spiro atoms. The zero-order valence-corrected chi connectivity index (χ0v) is 18.9. The van der Waals surface area contributed by atoms with E-state index in [1.54, 1.807) is 65.2 Å². The largest absolute Gasteiger partial charge is 0.392 e. The fourth-order valence-electron chi connectivity index (χ4n) is 2.51. The number of hydrogen-bond donors (Lipinski definition) is 1. The number of hydrogen-bond acceptors (Lipinski definition) is 6. The van der Waals surface area contributed by atoms with Crippen LogP contribution in [0, 0.1) is 0 Å². The Balaban J connectivity index is 0.00000379. The minimum atomic E-state index is -3.34. The number of amides is 1. The molecule has 1 aromatic heterocycles. The summed E-state index contributed by atoms with van der Waals surface area (Å²) in [6.45, 7) is 13.3. The van der Waals surface area contributed by atoms with Gasteiger partial charge in [0.1, 0.15) is 5.82 Å². The van der Waals surface area contributed by atoms with Crippen molar-refractivity contribution in [2.45, 2.75) is 33.9 Å². The highest BCUT2D eigenvalue weighted by Gasteiger charge is 2.28. The molecule has 162 valence electrons. The molecule has 0 aliphatic heterocycles. The van der Waals surface area contributed by atoms with E-state index in [2.05, 4.69) is 18.1 Å². The molecule has 0 radical (unpaired) electrons. The lowest BCUT2D eigenvalue weighted by Crippen LogP contribution is -2.30. The summed E-state index contributed by atoms with van der Waals surface area (Å²) in [5.41, 5.74) is 1.52. The molecular formula is C21H33N2O5P. The van der Waals surface area contributed by atoms with E-state index in [1.165, 1.54) is 4.90 Å². The Morgan fingerprint density at radius 1 is 1.31 bits per heavy atom. The summed E-state index contributed by atoms with van der Waals surface area (Å²) >= 11 is 0. The fraction of sp³-hybridized carbons (Fsp3) is 0.429. The lowest BCUT2D eigenvalue weighted by atomic mass is 10.1. The number of nitrogens with zero attached hydrogens (tertiary/aromatic N) is 2. The quantitative estimate of drug-likeness (QED) is 0.258. The number of aromatic nitrogens is 1. The third-order valence-electron chi connectivity index (χ3n) is 3.77. The molecule has 0 aromatic carbocycles. The van der Waals surface area contributed by atoms with Gasteiger partial charge in [-0.05, 0) is 39.3 Å². The number of carbonyl (C=O) groups is 1. The van der Waals surface area contributed by atoms with Crippen molar-refractivity contribution in [3.8, 4) is 0 Å².